The molecule has 0 aromatic carbocycles. The first-order valence-electron chi connectivity index (χ1n) is 4.49. The third kappa shape index (κ3) is 4.59. The molecule has 0 radical (unpaired) electrons. The fourth-order valence-corrected chi connectivity index (χ4v) is 1.00. The van der Waals surface area contributed by atoms with E-state index in [1.165, 1.54) is 0 Å². The van der Waals surface area contributed by atoms with Crippen LogP contribution >= 0.6 is 0 Å². The number of carbonyl (C=O) groups is 3. The number of carbonyl (C=O) groups excluding carboxylic acids is 2. The van der Waals surface area contributed by atoms with Crippen LogP contribution in [0, 0.1) is 5.92 Å². The largest absolute Gasteiger partial charge is 0.473 e. The van der Waals surface area contributed by atoms with Crippen molar-refractivity contribution in [1.82, 2.24) is 0 Å². The van der Waals surface area contributed by atoms with E-state index in [4.69, 9.17) is 5.11 Å². The van der Waals surface area contributed by atoms with Crippen molar-refractivity contribution in [3.8, 4) is 0 Å². The van der Waals surface area contributed by atoms with Gasteiger partial charge < -0.3 is 9.84 Å². The maximum Gasteiger partial charge on any atom is 0.424 e. The SMILES string of the molecule is CCC(CC)CC(=O)OC(=O)C(=O)O. The summed E-state index contributed by atoms with van der Waals surface area (Å²) in [5.74, 6) is -3.89. The summed E-state index contributed by atoms with van der Waals surface area (Å²) >= 11 is 0. The van der Waals surface area contributed by atoms with Crippen LogP contribution in [0.3, 0.4) is 0 Å². The van der Waals surface area contributed by atoms with Gasteiger partial charge in [0, 0.05) is 6.42 Å². The van der Waals surface area contributed by atoms with Gasteiger partial charge in [0.25, 0.3) is 0 Å². The topological polar surface area (TPSA) is 80.7 Å². The van der Waals surface area contributed by atoms with Gasteiger partial charge in [-0.1, -0.05) is 26.7 Å². The number of hydrogen-bond donors (Lipinski definition) is 1. The minimum Gasteiger partial charge on any atom is -0.473 e. The average molecular weight is 202 g/mol. The van der Waals surface area contributed by atoms with Gasteiger partial charge in [0.05, 0.1) is 0 Å². The second-order valence-electron chi connectivity index (χ2n) is 2.95. The van der Waals surface area contributed by atoms with E-state index < -0.39 is 17.9 Å². The van der Waals surface area contributed by atoms with E-state index in [2.05, 4.69) is 4.74 Å². The Labute approximate surface area is 82.1 Å². The Morgan fingerprint density at radius 3 is 2.07 bits per heavy atom. The Kier molecular flexibility index (Phi) is 5.52. The molecular formula is C9H14O5. The lowest BCUT2D eigenvalue weighted by Crippen LogP contribution is -2.22. The maximum absolute atomic E-state index is 11.0. The number of ether oxygens (including phenoxy) is 1. The van der Waals surface area contributed by atoms with Gasteiger partial charge in [-0.25, -0.2) is 9.59 Å². The lowest BCUT2D eigenvalue weighted by Gasteiger charge is -2.09. The molecule has 0 aliphatic rings. The van der Waals surface area contributed by atoms with Gasteiger partial charge >= 0.3 is 17.9 Å². The summed E-state index contributed by atoms with van der Waals surface area (Å²) in [5, 5.41) is 8.15. The minimum absolute atomic E-state index is 0.0893. The van der Waals surface area contributed by atoms with Crippen molar-refractivity contribution in [2.75, 3.05) is 0 Å². The summed E-state index contributed by atoms with van der Waals surface area (Å²) in [7, 11) is 0. The Hall–Kier alpha value is -1.39. The quantitative estimate of drug-likeness (QED) is 0.417. The molecular weight excluding hydrogens is 188 g/mol. The summed E-state index contributed by atoms with van der Waals surface area (Å²) in [4.78, 5) is 31.5. The lowest BCUT2D eigenvalue weighted by atomic mass is 10.00. The van der Waals surface area contributed by atoms with E-state index in [0.29, 0.717) is 0 Å². The van der Waals surface area contributed by atoms with E-state index in [0.717, 1.165) is 12.8 Å². The molecule has 0 aliphatic carbocycles. The fourth-order valence-electron chi connectivity index (χ4n) is 1.00. The lowest BCUT2D eigenvalue weighted by molar-refractivity contribution is -0.171. The van der Waals surface area contributed by atoms with Gasteiger partial charge in [-0.05, 0) is 5.92 Å². The van der Waals surface area contributed by atoms with Gasteiger partial charge in [-0.15, -0.1) is 0 Å². The molecule has 5 heteroatoms. The summed E-state index contributed by atoms with van der Waals surface area (Å²) in [6.45, 7) is 3.83. The second kappa shape index (κ2) is 6.12. The molecule has 0 aromatic heterocycles. The molecule has 0 aliphatic heterocycles. The van der Waals surface area contributed by atoms with Crippen LogP contribution < -0.4 is 0 Å². The van der Waals surface area contributed by atoms with Crippen LogP contribution in [0.5, 0.6) is 0 Å². The third-order valence-corrected chi connectivity index (χ3v) is 1.99. The number of carboxylic acids is 1. The fraction of sp³-hybridized carbons (Fsp3) is 0.667. The van der Waals surface area contributed by atoms with Crippen molar-refractivity contribution in [1.29, 1.82) is 0 Å². The van der Waals surface area contributed by atoms with E-state index in [-0.39, 0.29) is 12.3 Å². The number of aliphatic carboxylic acids is 1. The number of carboxylic acid groups (broad SMARTS) is 1. The Morgan fingerprint density at radius 1 is 1.21 bits per heavy atom. The second-order valence-corrected chi connectivity index (χ2v) is 2.95. The molecule has 0 bridgehead atoms. The van der Waals surface area contributed by atoms with Crippen molar-refractivity contribution < 1.29 is 24.2 Å². The molecule has 0 fully saturated rings. The molecule has 80 valence electrons. The van der Waals surface area contributed by atoms with Crippen molar-refractivity contribution in [3.63, 3.8) is 0 Å². The zero-order valence-corrected chi connectivity index (χ0v) is 8.28. The van der Waals surface area contributed by atoms with Crippen molar-refractivity contribution >= 4 is 17.9 Å². The first kappa shape index (κ1) is 12.6. The highest BCUT2D eigenvalue weighted by Crippen LogP contribution is 2.12. The predicted octanol–water partition coefficient (Wildman–Crippen LogP) is 0.967. The van der Waals surface area contributed by atoms with Crippen LogP contribution in [-0.4, -0.2) is 23.0 Å². The van der Waals surface area contributed by atoms with Crippen molar-refractivity contribution in [3.05, 3.63) is 0 Å². The zero-order valence-electron chi connectivity index (χ0n) is 8.28. The van der Waals surface area contributed by atoms with Gasteiger partial charge in [0.2, 0.25) is 0 Å². The normalized spacial score (nSPS) is 9.93. The molecule has 0 heterocycles. The van der Waals surface area contributed by atoms with Crippen LogP contribution in [0.15, 0.2) is 0 Å². The molecule has 1 N–H and O–H groups in total. The van der Waals surface area contributed by atoms with Crippen LogP contribution in [0.25, 0.3) is 0 Å². The van der Waals surface area contributed by atoms with Gasteiger partial charge in [-0.3, -0.25) is 4.79 Å². The van der Waals surface area contributed by atoms with E-state index in [9.17, 15) is 14.4 Å². The van der Waals surface area contributed by atoms with Crippen molar-refractivity contribution in [2.24, 2.45) is 5.92 Å². The van der Waals surface area contributed by atoms with Crippen LogP contribution in [-0.2, 0) is 19.1 Å². The van der Waals surface area contributed by atoms with Gasteiger partial charge in [0.1, 0.15) is 0 Å². The summed E-state index contributed by atoms with van der Waals surface area (Å²) < 4.78 is 4.07. The van der Waals surface area contributed by atoms with Crippen LogP contribution in [0.1, 0.15) is 33.1 Å². The molecule has 0 spiro atoms. The third-order valence-electron chi connectivity index (χ3n) is 1.99. The van der Waals surface area contributed by atoms with Gasteiger partial charge in [0.15, 0.2) is 0 Å². The Morgan fingerprint density at radius 2 is 1.71 bits per heavy atom. The molecule has 0 unspecified atom stereocenters. The number of rotatable bonds is 4. The maximum atomic E-state index is 11.0. The first-order chi connectivity index (χ1) is 6.51. The molecule has 5 nitrogen and oxygen atoms in total. The van der Waals surface area contributed by atoms with Crippen LogP contribution in [0.4, 0.5) is 0 Å². The van der Waals surface area contributed by atoms with E-state index in [1.807, 2.05) is 13.8 Å². The number of esters is 2. The molecule has 14 heavy (non-hydrogen) atoms. The minimum atomic E-state index is -1.75. The van der Waals surface area contributed by atoms with E-state index in [1.54, 1.807) is 0 Å². The molecule has 0 rings (SSSR count). The number of hydrogen-bond acceptors (Lipinski definition) is 4. The molecule has 0 saturated carbocycles. The Balaban J connectivity index is 3.97. The molecule has 0 aromatic rings. The zero-order chi connectivity index (χ0) is 11.1. The monoisotopic (exact) mass is 202 g/mol. The van der Waals surface area contributed by atoms with E-state index >= 15 is 0 Å². The molecule has 0 saturated heterocycles. The first-order valence-corrected chi connectivity index (χ1v) is 4.49. The Bertz CT molecular complexity index is 229. The highest BCUT2D eigenvalue weighted by Gasteiger charge is 2.19. The summed E-state index contributed by atoms with van der Waals surface area (Å²) in [6.07, 6.45) is 1.69. The van der Waals surface area contributed by atoms with Gasteiger partial charge in [-0.2, -0.15) is 0 Å². The predicted molar refractivity (Wildman–Crippen MR) is 47.4 cm³/mol. The highest BCUT2D eigenvalue weighted by molar-refractivity contribution is 6.30. The molecule has 0 atom stereocenters. The molecule has 0 amide bonds. The summed E-state index contributed by atoms with van der Waals surface area (Å²) in [5.41, 5.74) is 0. The van der Waals surface area contributed by atoms with Crippen LogP contribution in [0.2, 0.25) is 0 Å². The average Bonchev–Trinajstić information content (AvgIpc) is 2.13. The summed E-state index contributed by atoms with van der Waals surface area (Å²) in [6, 6.07) is 0. The van der Waals surface area contributed by atoms with Crippen molar-refractivity contribution in [2.45, 2.75) is 33.1 Å². The smallest absolute Gasteiger partial charge is 0.424 e. The highest BCUT2D eigenvalue weighted by atomic mass is 16.6. The standard InChI is InChI=1S/C9H14O5/c1-3-6(4-2)5-7(10)14-9(13)8(11)12/h6H,3-5H2,1-2H3,(H,11,12).